The summed E-state index contributed by atoms with van der Waals surface area (Å²) in [5.41, 5.74) is 4.53. The van der Waals surface area contributed by atoms with Gasteiger partial charge in [0.2, 0.25) is 0 Å². The SMILES string of the molecule is COCC1(CNC(=O)c2c3c(nn2C)CCC3)OCCc2ccccc21. The lowest BCUT2D eigenvalue weighted by atomic mass is 9.86. The van der Waals surface area contributed by atoms with E-state index in [-0.39, 0.29) is 5.91 Å². The maximum atomic E-state index is 12.9. The van der Waals surface area contributed by atoms with Gasteiger partial charge in [-0.25, -0.2) is 0 Å². The van der Waals surface area contributed by atoms with Crippen molar-refractivity contribution in [2.75, 3.05) is 26.9 Å². The second-order valence-electron chi connectivity index (χ2n) is 7.12. The molecule has 0 spiro atoms. The summed E-state index contributed by atoms with van der Waals surface area (Å²) in [6.45, 7) is 1.39. The number of aromatic nitrogens is 2. The van der Waals surface area contributed by atoms with Crippen LogP contribution in [0.3, 0.4) is 0 Å². The number of nitrogens with one attached hydrogen (secondary N) is 1. The molecule has 1 amide bonds. The van der Waals surface area contributed by atoms with Gasteiger partial charge in [0, 0.05) is 19.7 Å². The Hall–Kier alpha value is -2.18. The second kappa shape index (κ2) is 6.85. The third-order valence-corrected chi connectivity index (χ3v) is 5.45. The number of hydrogen-bond donors (Lipinski definition) is 1. The van der Waals surface area contributed by atoms with E-state index in [1.54, 1.807) is 11.8 Å². The van der Waals surface area contributed by atoms with Crippen LogP contribution in [0.15, 0.2) is 24.3 Å². The molecule has 0 radical (unpaired) electrons. The Labute approximate surface area is 153 Å². The van der Waals surface area contributed by atoms with E-state index in [9.17, 15) is 4.79 Å². The lowest BCUT2D eigenvalue weighted by Crippen LogP contribution is -2.49. The van der Waals surface area contributed by atoms with E-state index in [4.69, 9.17) is 9.47 Å². The van der Waals surface area contributed by atoms with Crippen molar-refractivity contribution in [2.24, 2.45) is 7.05 Å². The molecule has 2 heterocycles. The highest BCUT2D eigenvalue weighted by Crippen LogP contribution is 2.33. The van der Waals surface area contributed by atoms with E-state index in [0.717, 1.165) is 42.5 Å². The first-order chi connectivity index (χ1) is 12.6. The molecule has 26 heavy (non-hydrogen) atoms. The smallest absolute Gasteiger partial charge is 0.269 e. The van der Waals surface area contributed by atoms with Crippen LogP contribution in [0.1, 0.15) is 39.3 Å². The molecular formula is C20H25N3O3. The van der Waals surface area contributed by atoms with Gasteiger partial charge in [0.05, 0.1) is 25.5 Å². The zero-order valence-electron chi connectivity index (χ0n) is 15.4. The van der Waals surface area contributed by atoms with Gasteiger partial charge in [0.25, 0.3) is 5.91 Å². The third kappa shape index (κ3) is 2.83. The van der Waals surface area contributed by atoms with Crippen molar-refractivity contribution in [2.45, 2.75) is 31.3 Å². The maximum absolute atomic E-state index is 12.9. The third-order valence-electron chi connectivity index (χ3n) is 5.45. The summed E-state index contributed by atoms with van der Waals surface area (Å²) >= 11 is 0. The minimum atomic E-state index is -0.652. The summed E-state index contributed by atoms with van der Waals surface area (Å²) < 4.78 is 13.3. The molecule has 1 N–H and O–H groups in total. The molecule has 0 fully saturated rings. The van der Waals surface area contributed by atoms with Gasteiger partial charge >= 0.3 is 0 Å². The minimum absolute atomic E-state index is 0.0923. The first-order valence-electron chi connectivity index (χ1n) is 9.19. The fourth-order valence-electron chi connectivity index (χ4n) is 4.28. The number of rotatable bonds is 5. The van der Waals surface area contributed by atoms with Gasteiger partial charge in [0.1, 0.15) is 11.3 Å². The Morgan fingerprint density at radius 3 is 3.04 bits per heavy atom. The summed E-state index contributed by atoms with van der Waals surface area (Å²) in [4.78, 5) is 12.9. The summed E-state index contributed by atoms with van der Waals surface area (Å²) in [6.07, 6.45) is 3.84. The van der Waals surface area contributed by atoms with Crippen molar-refractivity contribution in [3.63, 3.8) is 0 Å². The maximum Gasteiger partial charge on any atom is 0.269 e. The molecule has 0 saturated carbocycles. The highest BCUT2D eigenvalue weighted by molar-refractivity contribution is 5.94. The molecule has 1 aliphatic carbocycles. The Bertz CT molecular complexity index is 830. The zero-order valence-corrected chi connectivity index (χ0v) is 15.4. The van der Waals surface area contributed by atoms with Crippen LogP contribution in [0.5, 0.6) is 0 Å². The van der Waals surface area contributed by atoms with Crippen LogP contribution in [-0.2, 0) is 41.4 Å². The van der Waals surface area contributed by atoms with Crippen molar-refractivity contribution < 1.29 is 14.3 Å². The average Bonchev–Trinajstić information content (AvgIpc) is 3.20. The second-order valence-corrected chi connectivity index (χ2v) is 7.12. The van der Waals surface area contributed by atoms with E-state index in [1.165, 1.54) is 5.56 Å². The average molecular weight is 355 g/mol. The van der Waals surface area contributed by atoms with Crippen molar-refractivity contribution in [1.82, 2.24) is 15.1 Å². The predicted octanol–water partition coefficient (Wildman–Crippen LogP) is 1.75. The van der Waals surface area contributed by atoms with E-state index in [1.807, 2.05) is 19.2 Å². The summed E-state index contributed by atoms with van der Waals surface area (Å²) in [6, 6.07) is 8.24. The first-order valence-corrected chi connectivity index (χ1v) is 9.19. The van der Waals surface area contributed by atoms with Gasteiger partial charge in [-0.15, -0.1) is 0 Å². The van der Waals surface area contributed by atoms with E-state index in [0.29, 0.717) is 25.5 Å². The predicted molar refractivity (Wildman–Crippen MR) is 97.2 cm³/mol. The molecule has 1 aromatic heterocycles. The minimum Gasteiger partial charge on any atom is -0.381 e. The number of hydrogen-bond acceptors (Lipinski definition) is 4. The fraction of sp³-hybridized carbons (Fsp3) is 0.500. The largest absolute Gasteiger partial charge is 0.381 e. The van der Waals surface area contributed by atoms with Crippen LogP contribution in [0.2, 0.25) is 0 Å². The van der Waals surface area contributed by atoms with Crippen molar-refractivity contribution >= 4 is 5.91 Å². The van der Waals surface area contributed by atoms with Crippen LogP contribution in [0.25, 0.3) is 0 Å². The molecule has 6 heteroatoms. The highest BCUT2D eigenvalue weighted by Gasteiger charge is 2.39. The van der Waals surface area contributed by atoms with Crippen LogP contribution in [0.4, 0.5) is 0 Å². The molecule has 1 atom stereocenters. The van der Waals surface area contributed by atoms with Gasteiger partial charge in [-0.1, -0.05) is 24.3 Å². The van der Waals surface area contributed by atoms with E-state index < -0.39 is 5.60 Å². The topological polar surface area (TPSA) is 65.4 Å². The molecule has 0 bridgehead atoms. The standard InChI is InChI=1S/C20H25N3O3/c1-23-18(15-7-5-9-17(15)22-23)19(24)21-12-20(13-25-2)16-8-4-3-6-14(16)10-11-26-20/h3-4,6,8H,5,7,9-13H2,1-2H3,(H,21,24). The summed E-state index contributed by atoms with van der Waals surface area (Å²) in [5, 5.41) is 7.58. The van der Waals surface area contributed by atoms with E-state index >= 15 is 0 Å². The molecule has 1 unspecified atom stereocenters. The summed E-state index contributed by atoms with van der Waals surface area (Å²) in [5.74, 6) is -0.0923. The molecule has 1 aliphatic heterocycles. The molecule has 6 nitrogen and oxygen atoms in total. The first kappa shape index (κ1) is 17.2. The van der Waals surface area contributed by atoms with Crippen molar-refractivity contribution in [3.8, 4) is 0 Å². The molecule has 0 saturated heterocycles. The monoisotopic (exact) mass is 355 g/mol. The van der Waals surface area contributed by atoms with Gasteiger partial charge in [0.15, 0.2) is 0 Å². The Morgan fingerprint density at radius 1 is 1.35 bits per heavy atom. The van der Waals surface area contributed by atoms with Crippen LogP contribution >= 0.6 is 0 Å². The number of nitrogens with zero attached hydrogens (tertiary/aromatic N) is 2. The fourth-order valence-corrected chi connectivity index (χ4v) is 4.28. The normalized spacial score (nSPS) is 21.3. The number of ether oxygens (including phenoxy) is 2. The molecule has 138 valence electrons. The lowest BCUT2D eigenvalue weighted by Gasteiger charge is -2.38. The molecule has 2 aromatic rings. The number of carbonyl (C=O) groups is 1. The molecule has 2 aliphatic rings. The number of aryl methyl sites for hydroxylation is 2. The van der Waals surface area contributed by atoms with Crippen LogP contribution in [0, 0.1) is 0 Å². The molecule has 1 aromatic carbocycles. The Balaban J connectivity index is 1.59. The molecule has 4 rings (SSSR count). The van der Waals surface area contributed by atoms with Crippen molar-refractivity contribution in [3.05, 3.63) is 52.3 Å². The van der Waals surface area contributed by atoms with Gasteiger partial charge in [-0.2, -0.15) is 5.10 Å². The summed E-state index contributed by atoms with van der Waals surface area (Å²) in [7, 11) is 3.50. The molecular weight excluding hydrogens is 330 g/mol. The zero-order chi connectivity index (χ0) is 18.1. The van der Waals surface area contributed by atoms with Crippen molar-refractivity contribution in [1.29, 1.82) is 0 Å². The van der Waals surface area contributed by atoms with Gasteiger partial charge in [-0.3, -0.25) is 9.48 Å². The Kier molecular flexibility index (Phi) is 4.54. The number of benzene rings is 1. The number of methoxy groups -OCH3 is 1. The Morgan fingerprint density at radius 2 is 2.19 bits per heavy atom. The lowest BCUT2D eigenvalue weighted by molar-refractivity contribution is -0.0997. The van der Waals surface area contributed by atoms with Gasteiger partial charge < -0.3 is 14.8 Å². The quantitative estimate of drug-likeness (QED) is 0.888. The van der Waals surface area contributed by atoms with E-state index in [2.05, 4.69) is 22.5 Å². The highest BCUT2D eigenvalue weighted by atomic mass is 16.5. The van der Waals surface area contributed by atoms with Crippen LogP contribution in [-0.4, -0.2) is 42.6 Å². The number of fused-ring (bicyclic) bond motifs is 2. The number of amides is 1. The van der Waals surface area contributed by atoms with Gasteiger partial charge in [-0.05, 0) is 36.8 Å². The number of carbonyl (C=O) groups excluding carboxylic acids is 1. The van der Waals surface area contributed by atoms with Crippen LogP contribution < -0.4 is 5.32 Å².